The Labute approximate surface area is 150 Å². The lowest BCUT2D eigenvalue weighted by atomic mass is 10.0. The fourth-order valence-corrected chi connectivity index (χ4v) is 3.23. The number of amides is 1. The van der Waals surface area contributed by atoms with Crippen LogP contribution in [0.1, 0.15) is 17.3 Å². The Morgan fingerprint density at radius 3 is 2.08 bits per heavy atom. The van der Waals surface area contributed by atoms with Crippen molar-refractivity contribution in [2.24, 2.45) is 5.73 Å². The lowest BCUT2D eigenvalue weighted by molar-refractivity contribution is 0.265. The second-order valence-electron chi connectivity index (χ2n) is 5.78. The van der Waals surface area contributed by atoms with Crippen LogP contribution in [0.2, 0.25) is 0 Å². The van der Waals surface area contributed by atoms with Crippen molar-refractivity contribution in [1.82, 2.24) is 10.1 Å². The number of primary amides is 1. The van der Waals surface area contributed by atoms with Crippen LogP contribution in [-0.2, 0) is 22.7 Å². The second kappa shape index (κ2) is 7.09. The topological polar surface area (TPSA) is 116 Å². The predicted octanol–water partition coefficient (Wildman–Crippen LogP) is 2.68. The molecule has 2 aromatic carbocycles. The Morgan fingerprint density at radius 2 is 1.58 bits per heavy atom. The first-order valence-corrected chi connectivity index (χ1v) is 9.37. The SMILES string of the molecule is Cc1noc(CCc2ccc(-c3ccc(S(=O)(=O)C(N)=O)cc3)cc2)n1. The first-order valence-electron chi connectivity index (χ1n) is 7.89. The van der Waals surface area contributed by atoms with Crippen molar-refractivity contribution in [3.8, 4) is 11.1 Å². The lowest BCUT2D eigenvalue weighted by Gasteiger charge is -2.05. The summed E-state index contributed by atoms with van der Waals surface area (Å²) in [6.45, 7) is 1.78. The molecule has 0 aliphatic rings. The maximum absolute atomic E-state index is 11.7. The van der Waals surface area contributed by atoms with Gasteiger partial charge >= 0.3 is 5.24 Å². The van der Waals surface area contributed by atoms with E-state index in [4.69, 9.17) is 10.3 Å². The zero-order valence-corrected chi connectivity index (χ0v) is 14.9. The van der Waals surface area contributed by atoms with Gasteiger partial charge in [-0.05, 0) is 42.2 Å². The minimum absolute atomic E-state index is 0.111. The number of hydrogen-bond acceptors (Lipinski definition) is 6. The minimum atomic E-state index is -4.10. The zero-order valence-electron chi connectivity index (χ0n) is 14.0. The van der Waals surface area contributed by atoms with Crippen LogP contribution in [0.25, 0.3) is 11.1 Å². The van der Waals surface area contributed by atoms with Crippen molar-refractivity contribution >= 4 is 15.1 Å². The maximum Gasteiger partial charge on any atom is 0.338 e. The van der Waals surface area contributed by atoms with Crippen molar-refractivity contribution in [3.63, 3.8) is 0 Å². The molecule has 2 N–H and O–H groups in total. The van der Waals surface area contributed by atoms with Gasteiger partial charge in [0.2, 0.25) is 5.89 Å². The number of rotatable bonds is 5. The van der Waals surface area contributed by atoms with Crippen molar-refractivity contribution < 1.29 is 17.7 Å². The normalized spacial score (nSPS) is 11.4. The Kier molecular flexibility index (Phi) is 4.85. The van der Waals surface area contributed by atoms with Gasteiger partial charge in [0.05, 0.1) is 4.90 Å². The third kappa shape index (κ3) is 3.80. The summed E-state index contributed by atoms with van der Waals surface area (Å²) in [5, 5.41) is 2.40. The molecule has 0 bridgehead atoms. The van der Waals surface area contributed by atoms with E-state index in [9.17, 15) is 13.2 Å². The molecule has 0 aliphatic heterocycles. The van der Waals surface area contributed by atoms with Crippen LogP contribution in [0, 0.1) is 6.92 Å². The maximum atomic E-state index is 11.7. The average Bonchev–Trinajstić information content (AvgIpc) is 3.06. The smallest absolute Gasteiger partial charge is 0.338 e. The van der Waals surface area contributed by atoms with Crippen molar-refractivity contribution in [2.45, 2.75) is 24.7 Å². The Morgan fingerprint density at radius 1 is 1.00 bits per heavy atom. The van der Waals surface area contributed by atoms with Gasteiger partial charge < -0.3 is 10.3 Å². The van der Waals surface area contributed by atoms with Gasteiger partial charge in [-0.25, -0.2) is 8.42 Å². The third-order valence-corrected chi connectivity index (χ3v) is 5.34. The molecule has 0 aliphatic carbocycles. The molecule has 0 atom stereocenters. The van der Waals surface area contributed by atoms with E-state index < -0.39 is 15.1 Å². The van der Waals surface area contributed by atoms with Gasteiger partial charge in [-0.3, -0.25) is 4.79 Å². The molecule has 0 spiro atoms. The van der Waals surface area contributed by atoms with Crippen molar-refractivity contribution in [2.75, 3.05) is 0 Å². The molecule has 3 aromatic rings. The molecule has 3 rings (SSSR count). The summed E-state index contributed by atoms with van der Waals surface area (Å²) in [6.07, 6.45) is 1.44. The van der Waals surface area contributed by atoms with E-state index in [2.05, 4.69) is 10.1 Å². The highest BCUT2D eigenvalue weighted by atomic mass is 32.2. The van der Waals surface area contributed by atoms with E-state index >= 15 is 0 Å². The molecule has 26 heavy (non-hydrogen) atoms. The van der Waals surface area contributed by atoms with Crippen LogP contribution >= 0.6 is 0 Å². The summed E-state index contributed by atoms with van der Waals surface area (Å²) in [5.74, 6) is 1.23. The van der Waals surface area contributed by atoms with Crippen LogP contribution in [0.5, 0.6) is 0 Å². The highest BCUT2D eigenvalue weighted by Crippen LogP contribution is 2.22. The van der Waals surface area contributed by atoms with Gasteiger partial charge in [0.25, 0.3) is 9.84 Å². The van der Waals surface area contributed by atoms with Crippen LogP contribution in [0.3, 0.4) is 0 Å². The van der Waals surface area contributed by atoms with Crippen molar-refractivity contribution in [1.29, 1.82) is 0 Å². The summed E-state index contributed by atoms with van der Waals surface area (Å²) >= 11 is 0. The molecule has 7 nitrogen and oxygen atoms in total. The number of benzene rings is 2. The van der Waals surface area contributed by atoms with Gasteiger partial charge in [-0.15, -0.1) is 0 Å². The Hall–Kier alpha value is -3.00. The third-order valence-electron chi connectivity index (χ3n) is 3.91. The van der Waals surface area contributed by atoms with Gasteiger partial charge in [0.15, 0.2) is 5.82 Å². The monoisotopic (exact) mass is 371 g/mol. The molecular formula is C18H17N3O4S. The fraction of sp³-hybridized carbons (Fsp3) is 0.167. The van der Waals surface area contributed by atoms with Gasteiger partial charge in [0.1, 0.15) is 0 Å². The molecule has 134 valence electrons. The molecule has 0 fully saturated rings. The van der Waals surface area contributed by atoms with Crippen LogP contribution < -0.4 is 5.73 Å². The molecular weight excluding hydrogens is 354 g/mol. The summed E-state index contributed by atoms with van der Waals surface area (Å²) in [6, 6.07) is 13.9. The summed E-state index contributed by atoms with van der Waals surface area (Å²) < 4.78 is 28.5. The Balaban J connectivity index is 1.71. The number of nitrogens with two attached hydrogens (primary N) is 1. The first-order chi connectivity index (χ1) is 12.4. The quantitative estimate of drug-likeness (QED) is 0.737. The largest absolute Gasteiger partial charge is 0.356 e. The van der Waals surface area contributed by atoms with Crippen LogP contribution in [0.4, 0.5) is 4.79 Å². The summed E-state index contributed by atoms with van der Waals surface area (Å²) in [7, 11) is -4.10. The summed E-state index contributed by atoms with van der Waals surface area (Å²) in [5.41, 5.74) is 7.80. The van der Waals surface area contributed by atoms with Crippen LogP contribution in [-0.4, -0.2) is 23.8 Å². The van der Waals surface area contributed by atoms with E-state index in [-0.39, 0.29) is 4.90 Å². The molecule has 0 saturated carbocycles. The first kappa shape index (κ1) is 17.8. The molecule has 8 heteroatoms. The number of aryl methyl sites for hydroxylation is 3. The fourth-order valence-electron chi connectivity index (χ4n) is 2.50. The molecule has 0 radical (unpaired) electrons. The number of sulfone groups is 1. The summed E-state index contributed by atoms with van der Waals surface area (Å²) in [4.78, 5) is 15.1. The van der Waals surface area contributed by atoms with Crippen LogP contribution in [0.15, 0.2) is 57.9 Å². The predicted molar refractivity (Wildman–Crippen MR) is 95.1 cm³/mol. The molecule has 0 saturated heterocycles. The number of carbonyl (C=O) groups excluding carboxylic acids is 1. The minimum Gasteiger partial charge on any atom is -0.356 e. The van der Waals surface area contributed by atoms with Gasteiger partial charge in [-0.1, -0.05) is 41.6 Å². The molecule has 1 amide bonds. The van der Waals surface area contributed by atoms with Gasteiger partial charge in [-0.2, -0.15) is 4.98 Å². The average molecular weight is 371 g/mol. The van der Waals surface area contributed by atoms with E-state index in [0.29, 0.717) is 18.1 Å². The van der Waals surface area contributed by atoms with E-state index in [1.54, 1.807) is 19.1 Å². The number of nitrogens with zero attached hydrogens (tertiary/aromatic N) is 2. The number of hydrogen-bond donors (Lipinski definition) is 1. The standard InChI is InChI=1S/C18H17N3O4S/c1-12-20-17(25-21-12)11-4-13-2-5-14(6-3-13)15-7-9-16(10-8-15)26(23,24)18(19)22/h2-3,5-10H,4,11H2,1H3,(H2,19,22). The number of carbonyl (C=O) groups is 1. The number of aromatic nitrogens is 2. The molecule has 1 aromatic heterocycles. The molecule has 0 unspecified atom stereocenters. The highest BCUT2D eigenvalue weighted by Gasteiger charge is 2.21. The second-order valence-corrected chi connectivity index (χ2v) is 7.66. The van der Waals surface area contributed by atoms with E-state index in [1.807, 2.05) is 24.3 Å². The lowest BCUT2D eigenvalue weighted by Crippen LogP contribution is -2.21. The van der Waals surface area contributed by atoms with E-state index in [0.717, 1.165) is 23.1 Å². The van der Waals surface area contributed by atoms with Crippen molar-refractivity contribution in [3.05, 3.63) is 65.8 Å². The van der Waals surface area contributed by atoms with Gasteiger partial charge in [0, 0.05) is 6.42 Å². The molecule has 1 heterocycles. The zero-order chi connectivity index (χ0) is 18.7. The van der Waals surface area contributed by atoms with E-state index in [1.165, 1.54) is 12.1 Å². The Bertz CT molecular complexity index is 1020. The highest BCUT2D eigenvalue weighted by molar-refractivity contribution is 8.06.